The highest BCUT2D eigenvalue weighted by molar-refractivity contribution is 9.09. The summed E-state index contributed by atoms with van der Waals surface area (Å²) < 4.78 is 23.1. The fourth-order valence-electron chi connectivity index (χ4n) is 1.32. The molecule has 0 aliphatic heterocycles. The van der Waals surface area contributed by atoms with Gasteiger partial charge >= 0.3 is 0 Å². The monoisotopic (exact) mass is 305 g/mol. The van der Waals surface area contributed by atoms with Crippen LogP contribution < -0.4 is 0 Å². The molecule has 0 atom stereocenters. The smallest absolute Gasteiger partial charge is 0.178 e. The molecule has 3 nitrogen and oxygen atoms in total. The van der Waals surface area contributed by atoms with Crippen LogP contribution in [-0.4, -0.2) is 31.6 Å². The van der Waals surface area contributed by atoms with E-state index in [1.54, 1.807) is 19.1 Å². The topological polar surface area (TPSA) is 37.4 Å². The second-order valence-electron chi connectivity index (χ2n) is 3.68. The first-order chi connectivity index (χ1) is 7.49. The Hall–Kier alpha value is -0.390. The summed E-state index contributed by atoms with van der Waals surface area (Å²) in [6, 6.07) is 7.08. The lowest BCUT2D eigenvalue weighted by molar-refractivity contribution is 0.390. The number of halogens is 1. The van der Waals surface area contributed by atoms with E-state index in [9.17, 15) is 8.42 Å². The SMILES string of the molecule is CCS(=O)(=O)c1ccc(CN(C)CBr)cc1. The largest absolute Gasteiger partial charge is 0.292 e. The van der Waals surface area contributed by atoms with Gasteiger partial charge in [0.1, 0.15) is 0 Å². The van der Waals surface area contributed by atoms with Crippen LogP contribution in [0, 0.1) is 0 Å². The van der Waals surface area contributed by atoms with E-state index in [0.29, 0.717) is 4.90 Å². The van der Waals surface area contributed by atoms with Gasteiger partial charge in [0.2, 0.25) is 0 Å². The van der Waals surface area contributed by atoms with Gasteiger partial charge in [0.15, 0.2) is 9.84 Å². The van der Waals surface area contributed by atoms with E-state index >= 15 is 0 Å². The molecule has 0 saturated heterocycles. The van der Waals surface area contributed by atoms with Crippen LogP contribution in [0.4, 0.5) is 0 Å². The normalized spacial score (nSPS) is 12.0. The van der Waals surface area contributed by atoms with Crippen LogP contribution >= 0.6 is 15.9 Å². The molecule has 0 amide bonds. The van der Waals surface area contributed by atoms with Crippen LogP contribution in [0.2, 0.25) is 0 Å². The summed E-state index contributed by atoms with van der Waals surface area (Å²) in [6.45, 7) is 2.46. The van der Waals surface area contributed by atoms with Crippen LogP contribution in [0.3, 0.4) is 0 Å². The van der Waals surface area contributed by atoms with Gasteiger partial charge in [0, 0.05) is 6.54 Å². The molecule has 0 aliphatic rings. The Kier molecular flexibility index (Phi) is 4.95. The van der Waals surface area contributed by atoms with Crippen molar-refractivity contribution in [3.8, 4) is 0 Å². The second-order valence-corrected chi connectivity index (χ2v) is 6.46. The Morgan fingerprint density at radius 3 is 2.25 bits per heavy atom. The summed E-state index contributed by atoms with van der Waals surface area (Å²) >= 11 is 3.36. The lowest BCUT2D eigenvalue weighted by Crippen LogP contribution is -2.15. The molecule has 0 heterocycles. The summed E-state index contributed by atoms with van der Waals surface area (Å²) in [7, 11) is -1.08. The summed E-state index contributed by atoms with van der Waals surface area (Å²) in [5.41, 5.74) is 1.90. The summed E-state index contributed by atoms with van der Waals surface area (Å²) in [5.74, 6) is 0.146. The molecule has 0 aromatic heterocycles. The van der Waals surface area contributed by atoms with Crippen molar-refractivity contribution < 1.29 is 8.42 Å². The van der Waals surface area contributed by atoms with Gasteiger partial charge in [-0.25, -0.2) is 8.42 Å². The van der Waals surface area contributed by atoms with E-state index < -0.39 is 9.84 Å². The fraction of sp³-hybridized carbons (Fsp3) is 0.455. The average Bonchev–Trinajstić information content (AvgIpc) is 2.29. The maximum Gasteiger partial charge on any atom is 0.178 e. The minimum Gasteiger partial charge on any atom is -0.292 e. The molecule has 1 aromatic carbocycles. The standard InChI is InChI=1S/C11H16BrNO2S/c1-3-16(14,15)11-6-4-10(5-7-11)8-13(2)9-12/h4-7H,3,8-9H2,1-2H3. The molecule has 0 saturated carbocycles. The van der Waals surface area contributed by atoms with E-state index in [1.807, 2.05) is 19.2 Å². The van der Waals surface area contributed by atoms with E-state index in [0.717, 1.165) is 17.6 Å². The molecule has 1 rings (SSSR count). The molecule has 16 heavy (non-hydrogen) atoms. The minimum absolute atomic E-state index is 0.146. The van der Waals surface area contributed by atoms with Gasteiger partial charge in [-0.05, 0) is 24.7 Å². The van der Waals surface area contributed by atoms with E-state index in [1.165, 1.54) is 0 Å². The second kappa shape index (κ2) is 5.80. The van der Waals surface area contributed by atoms with Crippen LogP contribution in [-0.2, 0) is 16.4 Å². The van der Waals surface area contributed by atoms with Crippen molar-refractivity contribution in [1.29, 1.82) is 0 Å². The van der Waals surface area contributed by atoms with Crippen LogP contribution in [0.1, 0.15) is 12.5 Å². The van der Waals surface area contributed by atoms with Crippen molar-refractivity contribution in [3.63, 3.8) is 0 Å². The first-order valence-corrected chi connectivity index (χ1v) is 7.83. The summed E-state index contributed by atoms with van der Waals surface area (Å²) in [6.07, 6.45) is 0. The lowest BCUT2D eigenvalue weighted by atomic mass is 10.2. The molecule has 0 fully saturated rings. The molecular weight excluding hydrogens is 290 g/mol. The Morgan fingerprint density at radius 1 is 1.25 bits per heavy atom. The molecule has 1 aromatic rings. The maximum atomic E-state index is 11.6. The number of alkyl halides is 1. The van der Waals surface area contributed by atoms with Crippen molar-refractivity contribution in [1.82, 2.24) is 4.90 Å². The van der Waals surface area contributed by atoms with E-state index in [2.05, 4.69) is 20.8 Å². The number of sulfone groups is 1. The number of benzene rings is 1. The van der Waals surface area contributed by atoms with Gasteiger partial charge < -0.3 is 0 Å². The first-order valence-electron chi connectivity index (χ1n) is 5.06. The molecule has 0 unspecified atom stereocenters. The van der Waals surface area contributed by atoms with Crippen LogP contribution in [0.5, 0.6) is 0 Å². The molecule has 0 aliphatic carbocycles. The fourth-order valence-corrected chi connectivity index (χ4v) is 2.38. The number of hydrogen-bond donors (Lipinski definition) is 0. The summed E-state index contributed by atoms with van der Waals surface area (Å²) in [4.78, 5) is 2.49. The number of hydrogen-bond acceptors (Lipinski definition) is 3. The van der Waals surface area contributed by atoms with Gasteiger partial charge in [-0.15, -0.1) is 0 Å². The zero-order valence-electron chi connectivity index (χ0n) is 9.48. The van der Waals surface area contributed by atoms with Gasteiger partial charge in [0.05, 0.1) is 16.1 Å². The third kappa shape index (κ3) is 3.57. The van der Waals surface area contributed by atoms with Crippen molar-refractivity contribution in [2.75, 3.05) is 18.3 Å². The van der Waals surface area contributed by atoms with Crippen LogP contribution in [0.15, 0.2) is 29.2 Å². The molecular formula is C11H16BrNO2S. The van der Waals surface area contributed by atoms with Crippen molar-refractivity contribution in [2.24, 2.45) is 0 Å². The zero-order chi connectivity index (χ0) is 12.2. The number of rotatable bonds is 5. The maximum absolute atomic E-state index is 11.6. The van der Waals surface area contributed by atoms with Crippen molar-refractivity contribution >= 4 is 25.8 Å². The minimum atomic E-state index is -3.07. The third-order valence-corrected chi connectivity index (χ3v) is 4.93. The highest BCUT2D eigenvalue weighted by Crippen LogP contribution is 2.13. The van der Waals surface area contributed by atoms with Gasteiger partial charge in [-0.3, -0.25) is 4.90 Å². The molecule has 0 radical (unpaired) electrons. The van der Waals surface area contributed by atoms with Gasteiger partial charge in [-0.1, -0.05) is 35.0 Å². The van der Waals surface area contributed by atoms with Crippen LogP contribution in [0.25, 0.3) is 0 Å². The van der Waals surface area contributed by atoms with Crippen molar-refractivity contribution in [3.05, 3.63) is 29.8 Å². The quantitative estimate of drug-likeness (QED) is 0.618. The third-order valence-electron chi connectivity index (χ3n) is 2.32. The predicted molar refractivity (Wildman–Crippen MR) is 69.4 cm³/mol. The summed E-state index contributed by atoms with van der Waals surface area (Å²) in [5, 5.41) is 0. The molecule has 0 spiro atoms. The van der Waals surface area contributed by atoms with Gasteiger partial charge in [-0.2, -0.15) is 0 Å². The zero-order valence-corrected chi connectivity index (χ0v) is 11.9. The van der Waals surface area contributed by atoms with Gasteiger partial charge in [0.25, 0.3) is 0 Å². The van der Waals surface area contributed by atoms with Crippen molar-refractivity contribution in [2.45, 2.75) is 18.4 Å². The molecule has 0 bridgehead atoms. The Bertz CT molecular complexity index is 428. The Labute approximate surface area is 106 Å². The molecule has 5 heteroatoms. The highest BCUT2D eigenvalue weighted by atomic mass is 79.9. The highest BCUT2D eigenvalue weighted by Gasteiger charge is 2.10. The Balaban J connectivity index is 2.84. The lowest BCUT2D eigenvalue weighted by Gasteiger charge is -2.12. The predicted octanol–water partition coefficient (Wildman–Crippen LogP) is 2.26. The Morgan fingerprint density at radius 2 is 1.81 bits per heavy atom. The van der Waals surface area contributed by atoms with E-state index in [-0.39, 0.29) is 5.75 Å². The molecule has 0 N–H and O–H groups in total. The van der Waals surface area contributed by atoms with E-state index in [4.69, 9.17) is 0 Å². The average molecular weight is 306 g/mol. The number of nitrogens with zero attached hydrogens (tertiary/aromatic N) is 1. The first kappa shape index (κ1) is 13.7. The molecule has 90 valence electrons.